The van der Waals surface area contributed by atoms with Crippen LogP contribution in [-0.2, 0) is 16.1 Å². The average molecular weight is 369 g/mol. The van der Waals surface area contributed by atoms with E-state index in [4.69, 9.17) is 0 Å². The van der Waals surface area contributed by atoms with E-state index in [2.05, 4.69) is 10.6 Å². The predicted molar refractivity (Wildman–Crippen MR) is 101 cm³/mol. The van der Waals surface area contributed by atoms with Gasteiger partial charge in [-0.3, -0.25) is 14.5 Å². The summed E-state index contributed by atoms with van der Waals surface area (Å²) in [4.78, 5) is 26.8. The fraction of sp³-hybridized carbons (Fsp3) is 0.333. The third-order valence-corrected chi connectivity index (χ3v) is 4.69. The van der Waals surface area contributed by atoms with Crippen molar-refractivity contribution in [2.75, 3.05) is 13.6 Å². The number of likely N-dealkylation sites (N-methyl/N-ethyl adjacent to an activating group) is 1. The molecule has 0 aromatic heterocycles. The third kappa shape index (κ3) is 5.14. The zero-order valence-electron chi connectivity index (χ0n) is 15.3. The minimum atomic E-state index is -0.752. The van der Waals surface area contributed by atoms with E-state index >= 15 is 0 Å². The molecule has 6 heteroatoms. The highest BCUT2D eigenvalue weighted by Gasteiger charge is 2.31. The standard InChI is InChI=1S/C21H24FN3O2/c1-23-21(27)20(15-7-3-2-4-8-15)24-19(26)14-25(17-11-12-17)13-16-9-5-6-10-18(16)22/h2-10,17,20H,11-14H2,1H3,(H,23,27)(H,24,26). The van der Waals surface area contributed by atoms with Crippen LogP contribution in [0.15, 0.2) is 54.6 Å². The van der Waals surface area contributed by atoms with Crippen LogP contribution >= 0.6 is 0 Å². The van der Waals surface area contributed by atoms with Crippen LogP contribution in [0.3, 0.4) is 0 Å². The Morgan fingerprint density at radius 3 is 2.41 bits per heavy atom. The molecule has 1 aliphatic rings. The molecule has 1 unspecified atom stereocenters. The van der Waals surface area contributed by atoms with Gasteiger partial charge in [-0.25, -0.2) is 4.39 Å². The molecule has 0 aliphatic heterocycles. The Morgan fingerprint density at radius 2 is 1.78 bits per heavy atom. The van der Waals surface area contributed by atoms with Gasteiger partial charge < -0.3 is 10.6 Å². The molecular formula is C21H24FN3O2. The zero-order chi connectivity index (χ0) is 19.2. The van der Waals surface area contributed by atoms with Crippen molar-refractivity contribution in [1.82, 2.24) is 15.5 Å². The minimum absolute atomic E-state index is 0.124. The first-order valence-corrected chi connectivity index (χ1v) is 9.12. The Kier molecular flexibility index (Phi) is 6.19. The molecule has 0 bridgehead atoms. The molecule has 5 nitrogen and oxygen atoms in total. The number of carbonyl (C=O) groups is 2. The smallest absolute Gasteiger partial charge is 0.246 e. The van der Waals surface area contributed by atoms with Crippen LogP contribution in [0.2, 0.25) is 0 Å². The summed E-state index contributed by atoms with van der Waals surface area (Å²) in [5, 5.41) is 5.40. The molecule has 0 saturated heterocycles. The molecule has 1 fully saturated rings. The molecular weight excluding hydrogens is 345 g/mol. The van der Waals surface area contributed by atoms with E-state index in [1.165, 1.54) is 6.07 Å². The molecule has 2 amide bonds. The SMILES string of the molecule is CNC(=O)C(NC(=O)CN(Cc1ccccc1F)C1CC1)c1ccccc1. The summed E-state index contributed by atoms with van der Waals surface area (Å²) in [5.41, 5.74) is 1.29. The molecule has 2 aromatic carbocycles. The largest absolute Gasteiger partial charge is 0.357 e. The van der Waals surface area contributed by atoms with Crippen molar-refractivity contribution in [1.29, 1.82) is 0 Å². The Hall–Kier alpha value is -2.73. The maximum absolute atomic E-state index is 14.0. The van der Waals surface area contributed by atoms with Crippen molar-refractivity contribution < 1.29 is 14.0 Å². The summed E-state index contributed by atoms with van der Waals surface area (Å²) < 4.78 is 14.0. The summed E-state index contributed by atoms with van der Waals surface area (Å²) in [7, 11) is 1.54. The van der Waals surface area contributed by atoms with Gasteiger partial charge in [0.05, 0.1) is 6.54 Å². The van der Waals surface area contributed by atoms with Crippen LogP contribution in [0.1, 0.15) is 30.0 Å². The number of hydrogen-bond donors (Lipinski definition) is 2. The summed E-state index contributed by atoms with van der Waals surface area (Å²) in [5.74, 6) is -0.798. The normalized spacial score (nSPS) is 14.6. The lowest BCUT2D eigenvalue weighted by Gasteiger charge is -2.24. The Morgan fingerprint density at radius 1 is 1.11 bits per heavy atom. The summed E-state index contributed by atoms with van der Waals surface area (Å²) in [6.45, 7) is 0.500. The van der Waals surface area contributed by atoms with Gasteiger partial charge >= 0.3 is 0 Å². The molecule has 0 heterocycles. The van der Waals surface area contributed by atoms with Gasteiger partial charge in [0, 0.05) is 25.2 Å². The maximum Gasteiger partial charge on any atom is 0.246 e. The Balaban J connectivity index is 1.68. The maximum atomic E-state index is 14.0. The summed E-state index contributed by atoms with van der Waals surface area (Å²) in [6.07, 6.45) is 2.00. The van der Waals surface area contributed by atoms with E-state index < -0.39 is 6.04 Å². The number of halogens is 1. The van der Waals surface area contributed by atoms with Gasteiger partial charge in [0.25, 0.3) is 0 Å². The topological polar surface area (TPSA) is 61.4 Å². The van der Waals surface area contributed by atoms with E-state index in [0.29, 0.717) is 12.1 Å². The van der Waals surface area contributed by atoms with Crippen LogP contribution in [-0.4, -0.2) is 36.3 Å². The fourth-order valence-electron chi connectivity index (χ4n) is 3.08. The number of benzene rings is 2. The van der Waals surface area contributed by atoms with Gasteiger partial charge in [0.1, 0.15) is 11.9 Å². The molecule has 142 valence electrons. The summed E-state index contributed by atoms with van der Waals surface area (Å²) >= 11 is 0. The Bertz CT molecular complexity index is 793. The van der Waals surface area contributed by atoms with Crippen LogP contribution < -0.4 is 10.6 Å². The van der Waals surface area contributed by atoms with Gasteiger partial charge in [0.2, 0.25) is 11.8 Å². The molecule has 1 aliphatic carbocycles. The first kappa shape index (κ1) is 19.0. The van der Waals surface area contributed by atoms with Crippen LogP contribution in [0.5, 0.6) is 0 Å². The van der Waals surface area contributed by atoms with Crippen molar-refractivity contribution in [3.8, 4) is 0 Å². The second-order valence-corrected chi connectivity index (χ2v) is 6.75. The van der Waals surface area contributed by atoms with Gasteiger partial charge in [-0.05, 0) is 24.5 Å². The van der Waals surface area contributed by atoms with Crippen LogP contribution in [0.4, 0.5) is 4.39 Å². The highest BCUT2D eigenvalue weighted by atomic mass is 19.1. The van der Waals surface area contributed by atoms with E-state index in [1.54, 1.807) is 37.4 Å². The lowest BCUT2D eigenvalue weighted by atomic mass is 10.1. The molecule has 0 spiro atoms. The second kappa shape index (κ2) is 8.77. The van der Waals surface area contributed by atoms with Gasteiger partial charge in [0.15, 0.2) is 0 Å². The van der Waals surface area contributed by atoms with E-state index in [0.717, 1.165) is 18.4 Å². The fourth-order valence-corrected chi connectivity index (χ4v) is 3.08. The van der Waals surface area contributed by atoms with Gasteiger partial charge in [-0.15, -0.1) is 0 Å². The first-order chi connectivity index (χ1) is 13.1. The zero-order valence-corrected chi connectivity index (χ0v) is 15.3. The summed E-state index contributed by atoms with van der Waals surface area (Å²) in [6, 6.07) is 15.3. The average Bonchev–Trinajstić information content (AvgIpc) is 3.52. The second-order valence-electron chi connectivity index (χ2n) is 6.75. The first-order valence-electron chi connectivity index (χ1n) is 9.12. The van der Waals surface area contributed by atoms with E-state index in [-0.39, 0.29) is 30.2 Å². The van der Waals surface area contributed by atoms with Crippen molar-refractivity contribution >= 4 is 11.8 Å². The number of nitrogens with zero attached hydrogens (tertiary/aromatic N) is 1. The predicted octanol–water partition coefficient (Wildman–Crippen LogP) is 2.39. The number of amides is 2. The molecule has 2 aromatic rings. The van der Waals surface area contributed by atoms with E-state index in [9.17, 15) is 14.0 Å². The molecule has 3 rings (SSSR count). The van der Waals surface area contributed by atoms with Crippen molar-refractivity contribution in [3.05, 3.63) is 71.5 Å². The van der Waals surface area contributed by atoms with E-state index in [1.807, 2.05) is 23.1 Å². The molecule has 2 N–H and O–H groups in total. The highest BCUT2D eigenvalue weighted by Crippen LogP contribution is 2.28. The van der Waals surface area contributed by atoms with Crippen molar-refractivity contribution in [3.63, 3.8) is 0 Å². The number of nitrogens with one attached hydrogen (secondary N) is 2. The van der Waals surface area contributed by atoms with Gasteiger partial charge in [-0.1, -0.05) is 48.5 Å². The molecule has 0 radical (unpaired) electrons. The highest BCUT2D eigenvalue weighted by molar-refractivity contribution is 5.89. The van der Waals surface area contributed by atoms with Crippen molar-refractivity contribution in [2.45, 2.75) is 31.5 Å². The molecule has 1 saturated carbocycles. The minimum Gasteiger partial charge on any atom is -0.357 e. The van der Waals surface area contributed by atoms with Crippen LogP contribution in [0, 0.1) is 5.82 Å². The lowest BCUT2D eigenvalue weighted by Crippen LogP contribution is -2.44. The van der Waals surface area contributed by atoms with Gasteiger partial charge in [-0.2, -0.15) is 0 Å². The lowest BCUT2D eigenvalue weighted by molar-refractivity contribution is -0.129. The van der Waals surface area contributed by atoms with Crippen LogP contribution in [0.25, 0.3) is 0 Å². The molecule has 27 heavy (non-hydrogen) atoms. The Labute approximate surface area is 158 Å². The number of rotatable bonds is 8. The molecule has 1 atom stereocenters. The quantitative estimate of drug-likeness (QED) is 0.751. The third-order valence-electron chi connectivity index (χ3n) is 4.69. The van der Waals surface area contributed by atoms with Crippen molar-refractivity contribution in [2.24, 2.45) is 0 Å². The number of hydrogen-bond acceptors (Lipinski definition) is 3. The monoisotopic (exact) mass is 369 g/mol. The number of carbonyl (C=O) groups excluding carboxylic acids is 2.